The summed E-state index contributed by atoms with van der Waals surface area (Å²) < 4.78 is 23.0. The van der Waals surface area contributed by atoms with Gasteiger partial charge < -0.3 is 28.5 Å². The zero-order chi connectivity index (χ0) is 59.1. The zero-order valence-corrected chi connectivity index (χ0v) is 53.7. The van der Waals surface area contributed by atoms with Crippen LogP contribution in [0.5, 0.6) is 0 Å². The van der Waals surface area contributed by atoms with Crippen molar-refractivity contribution in [2.45, 2.75) is 322 Å². The van der Waals surface area contributed by atoms with Crippen LogP contribution in [0.15, 0.2) is 72.9 Å². The largest absolute Gasteiger partial charge is 0.477 e. The van der Waals surface area contributed by atoms with Gasteiger partial charge in [-0.05, 0) is 83.5 Å². The van der Waals surface area contributed by atoms with E-state index in [1.807, 2.05) is 21.1 Å². The van der Waals surface area contributed by atoms with E-state index < -0.39 is 24.3 Å². The molecule has 0 aliphatic carbocycles. The van der Waals surface area contributed by atoms with E-state index in [-0.39, 0.29) is 32.2 Å². The summed E-state index contributed by atoms with van der Waals surface area (Å²) in [4.78, 5) is 37.6. The Morgan fingerprint density at radius 2 is 0.704 bits per heavy atom. The van der Waals surface area contributed by atoms with E-state index in [1.54, 1.807) is 0 Å². The van der Waals surface area contributed by atoms with Gasteiger partial charge in [0.2, 0.25) is 0 Å². The maximum absolute atomic E-state index is 12.9. The molecule has 0 aliphatic heterocycles. The lowest BCUT2D eigenvalue weighted by Crippen LogP contribution is -2.40. The number of unbranched alkanes of at least 4 members (excludes halogenated alkanes) is 36. The zero-order valence-electron chi connectivity index (χ0n) is 53.7. The van der Waals surface area contributed by atoms with Crippen molar-refractivity contribution < 1.29 is 42.9 Å². The molecular formula is C72H130NO8+. The van der Waals surface area contributed by atoms with Gasteiger partial charge in [-0.2, -0.15) is 0 Å². The van der Waals surface area contributed by atoms with Gasteiger partial charge >= 0.3 is 17.9 Å². The highest BCUT2D eigenvalue weighted by atomic mass is 16.7. The van der Waals surface area contributed by atoms with Crippen LogP contribution in [0.1, 0.15) is 309 Å². The summed E-state index contributed by atoms with van der Waals surface area (Å²) in [6.45, 7) is 4.79. The smallest absolute Gasteiger partial charge is 0.361 e. The highest BCUT2D eigenvalue weighted by molar-refractivity contribution is 5.71. The monoisotopic (exact) mass is 1140 g/mol. The highest BCUT2D eigenvalue weighted by Crippen LogP contribution is 2.18. The molecule has 0 saturated carbocycles. The molecule has 0 saturated heterocycles. The van der Waals surface area contributed by atoms with E-state index >= 15 is 0 Å². The second kappa shape index (κ2) is 62.8. The minimum absolute atomic E-state index is 0.184. The summed E-state index contributed by atoms with van der Waals surface area (Å²) in [6, 6.07) is 0. The topological polar surface area (TPSA) is 108 Å². The number of carbonyl (C=O) groups is 3. The van der Waals surface area contributed by atoms with E-state index in [1.165, 1.54) is 199 Å². The first-order valence-electron chi connectivity index (χ1n) is 34.1. The molecule has 81 heavy (non-hydrogen) atoms. The summed E-state index contributed by atoms with van der Waals surface area (Å²) in [5.41, 5.74) is 0. The van der Waals surface area contributed by atoms with Crippen molar-refractivity contribution in [2.75, 3.05) is 47.5 Å². The molecule has 9 nitrogen and oxygen atoms in total. The lowest BCUT2D eigenvalue weighted by molar-refractivity contribution is -0.870. The number of aliphatic carboxylic acids is 1. The highest BCUT2D eigenvalue weighted by Gasteiger charge is 2.25. The van der Waals surface area contributed by atoms with Crippen LogP contribution in [0, 0.1) is 0 Å². The minimum Gasteiger partial charge on any atom is -0.477 e. The van der Waals surface area contributed by atoms with Gasteiger partial charge in [-0.25, -0.2) is 4.79 Å². The predicted octanol–water partition coefficient (Wildman–Crippen LogP) is 20.9. The first-order chi connectivity index (χ1) is 39.6. The number of carboxylic acids is 1. The molecule has 2 unspecified atom stereocenters. The molecule has 0 aromatic heterocycles. The average molecular weight is 1140 g/mol. The van der Waals surface area contributed by atoms with Gasteiger partial charge in [-0.1, -0.05) is 286 Å². The van der Waals surface area contributed by atoms with Crippen LogP contribution in [0.2, 0.25) is 0 Å². The molecule has 0 rings (SSSR count). The van der Waals surface area contributed by atoms with Crippen LogP contribution < -0.4 is 0 Å². The number of hydrogen-bond donors (Lipinski definition) is 1. The van der Waals surface area contributed by atoms with Crippen molar-refractivity contribution in [1.29, 1.82) is 0 Å². The maximum atomic E-state index is 12.9. The Balaban J connectivity index is 4.11. The fraction of sp³-hybridized carbons (Fsp3) is 0.792. The van der Waals surface area contributed by atoms with E-state index in [2.05, 4.69) is 86.8 Å². The average Bonchev–Trinajstić information content (AvgIpc) is 3.44. The molecule has 470 valence electrons. The predicted molar refractivity (Wildman–Crippen MR) is 346 cm³/mol. The van der Waals surface area contributed by atoms with Gasteiger partial charge in [0, 0.05) is 12.8 Å². The van der Waals surface area contributed by atoms with Crippen molar-refractivity contribution in [1.82, 2.24) is 0 Å². The number of allylic oxidation sites excluding steroid dienone is 12. The molecule has 0 aromatic rings. The number of esters is 2. The molecule has 0 radical (unpaired) electrons. The summed E-state index contributed by atoms with van der Waals surface area (Å²) in [5, 5.41) is 9.74. The third kappa shape index (κ3) is 64.1. The molecule has 1 N–H and O–H groups in total. The van der Waals surface area contributed by atoms with Crippen LogP contribution in [0.25, 0.3) is 0 Å². The second-order valence-electron chi connectivity index (χ2n) is 24.1. The Labute approximate surface area is 500 Å². The molecular weight excluding hydrogens is 1010 g/mol. The lowest BCUT2D eigenvalue weighted by atomic mass is 10.0. The molecule has 0 bridgehead atoms. The Bertz CT molecular complexity index is 1560. The van der Waals surface area contributed by atoms with Crippen molar-refractivity contribution in [3.8, 4) is 0 Å². The van der Waals surface area contributed by atoms with Gasteiger partial charge in [0.15, 0.2) is 6.10 Å². The molecule has 0 aliphatic rings. The fourth-order valence-corrected chi connectivity index (χ4v) is 9.74. The van der Waals surface area contributed by atoms with E-state index in [9.17, 15) is 19.5 Å². The van der Waals surface area contributed by atoms with Gasteiger partial charge in [0.1, 0.15) is 13.2 Å². The number of carboxylic acid groups (broad SMARTS) is 1. The number of carbonyl (C=O) groups excluding carboxylic acids is 2. The molecule has 0 spiro atoms. The molecule has 9 heteroatoms. The number of nitrogens with zero attached hydrogens (tertiary/aromatic N) is 1. The third-order valence-corrected chi connectivity index (χ3v) is 14.9. The standard InChI is InChI=1S/C72H129NO8/c1-6-8-10-12-14-16-18-20-22-24-26-28-30-32-33-34-35-36-37-39-40-42-44-46-48-50-52-54-56-58-60-62-69(74)79-66-68(67-80-72(71(76)77)78-65-64-73(3,4)5)81-70(75)63-61-59-57-55-53-51-49-47-45-43-41-38-31-29-27-25-23-21-19-17-15-13-11-9-7-2/h9,11,15,17,21,23-24,26-27,29,38,41,68,72H,6-8,10,12-14,16,18-20,22,25,28,30-37,39-40,42-67H2,1-5H3/p+1/b11-9-,17-15-,23-21-,26-24-,29-27-,41-38-. The Hall–Kier alpha value is -3.27. The second-order valence-corrected chi connectivity index (χ2v) is 24.1. The Kier molecular flexibility index (Phi) is 60.2. The van der Waals surface area contributed by atoms with Crippen molar-refractivity contribution >= 4 is 17.9 Å². The van der Waals surface area contributed by atoms with Crippen LogP contribution in [0.3, 0.4) is 0 Å². The van der Waals surface area contributed by atoms with Crippen LogP contribution in [0.4, 0.5) is 0 Å². The van der Waals surface area contributed by atoms with Gasteiger partial charge in [0.05, 0.1) is 34.4 Å². The normalized spacial score (nSPS) is 13.1. The van der Waals surface area contributed by atoms with Crippen LogP contribution in [-0.4, -0.2) is 87.4 Å². The summed E-state index contributed by atoms with van der Waals surface area (Å²) in [5.74, 6) is -2.00. The maximum Gasteiger partial charge on any atom is 0.361 e. The molecule has 2 atom stereocenters. The van der Waals surface area contributed by atoms with E-state index in [4.69, 9.17) is 18.9 Å². The van der Waals surface area contributed by atoms with Gasteiger partial charge in [-0.3, -0.25) is 9.59 Å². The number of likely N-dealkylation sites (N-methyl/N-ethyl adjacent to an activating group) is 1. The number of hydrogen-bond acceptors (Lipinski definition) is 7. The fourth-order valence-electron chi connectivity index (χ4n) is 9.74. The number of rotatable bonds is 63. The summed E-state index contributed by atoms with van der Waals surface area (Å²) in [7, 11) is 5.98. The third-order valence-electron chi connectivity index (χ3n) is 14.9. The number of quaternary nitrogens is 1. The summed E-state index contributed by atoms with van der Waals surface area (Å²) in [6.07, 6.45) is 80.1. The Morgan fingerprint density at radius 3 is 1.06 bits per heavy atom. The van der Waals surface area contributed by atoms with E-state index in [0.717, 1.165) is 77.0 Å². The molecule has 0 fully saturated rings. The first-order valence-corrected chi connectivity index (χ1v) is 34.1. The number of ether oxygens (including phenoxy) is 4. The minimum atomic E-state index is -1.51. The molecule has 0 aromatic carbocycles. The lowest BCUT2D eigenvalue weighted by Gasteiger charge is -2.25. The quantitative estimate of drug-likeness (QED) is 0.0211. The first kappa shape index (κ1) is 77.7. The van der Waals surface area contributed by atoms with Crippen molar-refractivity contribution in [2.24, 2.45) is 0 Å². The molecule has 0 heterocycles. The van der Waals surface area contributed by atoms with Crippen molar-refractivity contribution in [3.05, 3.63) is 72.9 Å². The summed E-state index contributed by atoms with van der Waals surface area (Å²) >= 11 is 0. The van der Waals surface area contributed by atoms with E-state index in [0.29, 0.717) is 23.9 Å². The SMILES string of the molecule is CC/C=C\C/C=C\C/C=C\C/C=C\C/C=C\CCCCCCCCCCCC(=O)OC(COC(=O)CCCCCCCCCCCCCCCCCCCCC/C=C\CCCCCCCCCC)COC(OCC[N+](C)(C)C)C(=O)O. The van der Waals surface area contributed by atoms with Gasteiger partial charge in [0.25, 0.3) is 6.29 Å². The van der Waals surface area contributed by atoms with Crippen molar-refractivity contribution in [3.63, 3.8) is 0 Å². The van der Waals surface area contributed by atoms with Crippen LogP contribution >= 0.6 is 0 Å². The molecule has 0 amide bonds. The van der Waals surface area contributed by atoms with Crippen LogP contribution in [-0.2, 0) is 33.3 Å². The van der Waals surface area contributed by atoms with Gasteiger partial charge in [-0.15, -0.1) is 0 Å². The Morgan fingerprint density at radius 1 is 0.383 bits per heavy atom.